The highest BCUT2D eigenvalue weighted by Crippen LogP contribution is 2.33. The lowest BCUT2D eigenvalue weighted by molar-refractivity contribution is 0.0950. The van der Waals surface area contributed by atoms with Gasteiger partial charge in [0.1, 0.15) is 0 Å². The molecule has 1 amide bonds. The summed E-state index contributed by atoms with van der Waals surface area (Å²) in [5.74, 6) is 0.974. The standard InChI is InChI=1S/C24H28N4OS/c1-4-27(5-2)20-12-10-19(11-13-20)23(29)25-16-21-22(18-8-6-17(3)7-9-18)26-24-28(21)14-15-30-24/h6-13H,4-5,14-16H2,1-3H3,(H,25,29). The Morgan fingerprint density at radius 2 is 1.80 bits per heavy atom. The van der Waals surface area contributed by atoms with Crippen molar-refractivity contribution < 1.29 is 4.79 Å². The molecule has 30 heavy (non-hydrogen) atoms. The molecule has 0 saturated carbocycles. The fourth-order valence-corrected chi connectivity index (χ4v) is 4.80. The lowest BCUT2D eigenvalue weighted by Crippen LogP contribution is -2.25. The van der Waals surface area contributed by atoms with E-state index in [1.54, 1.807) is 11.8 Å². The summed E-state index contributed by atoms with van der Waals surface area (Å²) in [6, 6.07) is 16.3. The molecule has 0 unspecified atom stereocenters. The first-order chi connectivity index (χ1) is 14.6. The predicted molar refractivity (Wildman–Crippen MR) is 124 cm³/mol. The summed E-state index contributed by atoms with van der Waals surface area (Å²) in [5, 5.41) is 4.15. The number of carbonyl (C=O) groups excluding carboxylic acids is 1. The summed E-state index contributed by atoms with van der Waals surface area (Å²) < 4.78 is 2.24. The fourth-order valence-electron chi connectivity index (χ4n) is 3.83. The normalized spacial score (nSPS) is 12.6. The quantitative estimate of drug-likeness (QED) is 0.600. The van der Waals surface area contributed by atoms with Crippen LogP contribution < -0.4 is 10.2 Å². The van der Waals surface area contributed by atoms with E-state index in [4.69, 9.17) is 4.98 Å². The van der Waals surface area contributed by atoms with Gasteiger partial charge in [0.2, 0.25) is 0 Å². The lowest BCUT2D eigenvalue weighted by Gasteiger charge is -2.21. The third-order valence-corrected chi connectivity index (χ3v) is 6.54. The number of carbonyl (C=O) groups is 1. The Kier molecular flexibility index (Phi) is 6.13. The molecule has 2 heterocycles. The molecule has 0 atom stereocenters. The van der Waals surface area contributed by atoms with Crippen molar-refractivity contribution in [2.75, 3.05) is 23.7 Å². The van der Waals surface area contributed by atoms with Gasteiger partial charge in [0.15, 0.2) is 5.16 Å². The number of hydrogen-bond acceptors (Lipinski definition) is 4. The number of amides is 1. The van der Waals surface area contributed by atoms with Gasteiger partial charge in [0.05, 0.1) is 17.9 Å². The van der Waals surface area contributed by atoms with Crippen LogP contribution in [0.25, 0.3) is 11.3 Å². The maximum atomic E-state index is 12.8. The van der Waals surface area contributed by atoms with E-state index in [2.05, 4.69) is 59.8 Å². The third kappa shape index (κ3) is 4.10. The zero-order chi connectivity index (χ0) is 21.1. The summed E-state index contributed by atoms with van der Waals surface area (Å²) in [6.45, 7) is 9.66. The van der Waals surface area contributed by atoms with Gasteiger partial charge in [-0.25, -0.2) is 4.98 Å². The Bertz CT molecular complexity index is 1020. The van der Waals surface area contributed by atoms with E-state index in [0.29, 0.717) is 12.1 Å². The number of nitrogens with zero attached hydrogens (tertiary/aromatic N) is 3. The number of aromatic nitrogens is 2. The molecule has 0 aliphatic carbocycles. The lowest BCUT2D eigenvalue weighted by atomic mass is 10.1. The van der Waals surface area contributed by atoms with Crippen LogP contribution in [0.3, 0.4) is 0 Å². The molecular weight excluding hydrogens is 392 g/mol. The van der Waals surface area contributed by atoms with Crippen LogP contribution in [0.5, 0.6) is 0 Å². The van der Waals surface area contributed by atoms with E-state index >= 15 is 0 Å². The second kappa shape index (κ2) is 8.96. The first-order valence-corrected chi connectivity index (χ1v) is 11.5. The molecule has 1 aromatic heterocycles. The van der Waals surface area contributed by atoms with Crippen molar-refractivity contribution in [3.05, 3.63) is 65.4 Å². The average molecular weight is 421 g/mol. The highest BCUT2D eigenvalue weighted by Gasteiger charge is 2.23. The molecule has 1 N–H and O–H groups in total. The molecule has 4 rings (SSSR count). The molecule has 0 radical (unpaired) electrons. The highest BCUT2D eigenvalue weighted by molar-refractivity contribution is 7.99. The Morgan fingerprint density at radius 3 is 2.47 bits per heavy atom. The molecule has 2 aromatic carbocycles. The largest absolute Gasteiger partial charge is 0.372 e. The van der Waals surface area contributed by atoms with E-state index in [9.17, 15) is 4.79 Å². The number of rotatable bonds is 7. The van der Waals surface area contributed by atoms with Gasteiger partial charge in [-0.2, -0.15) is 0 Å². The molecule has 5 nitrogen and oxygen atoms in total. The monoisotopic (exact) mass is 420 g/mol. The summed E-state index contributed by atoms with van der Waals surface area (Å²) >= 11 is 1.77. The number of anilines is 1. The van der Waals surface area contributed by atoms with Crippen molar-refractivity contribution in [3.63, 3.8) is 0 Å². The number of thioether (sulfide) groups is 1. The van der Waals surface area contributed by atoms with E-state index in [0.717, 1.165) is 53.2 Å². The molecule has 1 aliphatic heterocycles. The minimum Gasteiger partial charge on any atom is -0.372 e. The zero-order valence-electron chi connectivity index (χ0n) is 17.8. The first kappa shape index (κ1) is 20.5. The van der Waals surface area contributed by atoms with Gasteiger partial charge in [-0.1, -0.05) is 41.6 Å². The SMILES string of the molecule is CCN(CC)c1ccc(C(=O)NCc2c(-c3ccc(C)cc3)nc3n2CCS3)cc1. The number of imidazole rings is 1. The summed E-state index contributed by atoms with van der Waals surface area (Å²) in [6.07, 6.45) is 0. The van der Waals surface area contributed by atoms with Crippen LogP contribution in [0.15, 0.2) is 53.7 Å². The molecule has 156 valence electrons. The van der Waals surface area contributed by atoms with Gasteiger partial charge >= 0.3 is 0 Å². The van der Waals surface area contributed by atoms with Crippen molar-refractivity contribution in [2.45, 2.75) is 39.0 Å². The van der Waals surface area contributed by atoms with Crippen LogP contribution in [-0.4, -0.2) is 34.3 Å². The van der Waals surface area contributed by atoms with Crippen LogP contribution in [0.1, 0.15) is 35.5 Å². The molecular formula is C24H28N4OS. The molecule has 0 bridgehead atoms. The van der Waals surface area contributed by atoms with Gasteiger partial charge in [0, 0.05) is 42.2 Å². The minimum atomic E-state index is -0.0582. The van der Waals surface area contributed by atoms with Crippen LogP contribution in [0, 0.1) is 6.92 Å². The minimum absolute atomic E-state index is 0.0582. The topological polar surface area (TPSA) is 50.2 Å². The Hall–Kier alpha value is -2.73. The van der Waals surface area contributed by atoms with Gasteiger partial charge in [-0.15, -0.1) is 0 Å². The van der Waals surface area contributed by atoms with Crippen LogP contribution in [-0.2, 0) is 13.1 Å². The van der Waals surface area contributed by atoms with Gasteiger partial charge in [-0.05, 0) is 45.0 Å². The van der Waals surface area contributed by atoms with Gasteiger partial charge in [-0.3, -0.25) is 4.79 Å². The highest BCUT2D eigenvalue weighted by atomic mass is 32.2. The molecule has 0 spiro atoms. The van der Waals surface area contributed by atoms with Crippen LogP contribution >= 0.6 is 11.8 Å². The second-order valence-electron chi connectivity index (χ2n) is 7.46. The maximum Gasteiger partial charge on any atom is 0.251 e. The second-order valence-corrected chi connectivity index (χ2v) is 8.52. The van der Waals surface area contributed by atoms with E-state index < -0.39 is 0 Å². The van der Waals surface area contributed by atoms with E-state index in [1.165, 1.54) is 5.56 Å². The number of aryl methyl sites for hydroxylation is 1. The molecule has 0 saturated heterocycles. The van der Waals surface area contributed by atoms with Crippen LogP contribution in [0.4, 0.5) is 5.69 Å². The Balaban J connectivity index is 1.52. The summed E-state index contributed by atoms with van der Waals surface area (Å²) in [4.78, 5) is 19.9. The van der Waals surface area contributed by atoms with Gasteiger partial charge in [0.25, 0.3) is 5.91 Å². The number of nitrogens with one attached hydrogen (secondary N) is 1. The number of fused-ring (bicyclic) bond motifs is 1. The Morgan fingerprint density at radius 1 is 1.10 bits per heavy atom. The summed E-state index contributed by atoms with van der Waals surface area (Å²) in [7, 11) is 0. The van der Waals surface area contributed by atoms with E-state index in [1.807, 2.05) is 24.3 Å². The van der Waals surface area contributed by atoms with Gasteiger partial charge < -0.3 is 14.8 Å². The maximum absolute atomic E-state index is 12.8. The Labute approximate surface area is 182 Å². The third-order valence-electron chi connectivity index (χ3n) is 5.58. The van der Waals surface area contributed by atoms with Crippen molar-refractivity contribution in [1.82, 2.24) is 14.9 Å². The van der Waals surface area contributed by atoms with Crippen molar-refractivity contribution >= 4 is 23.4 Å². The molecule has 6 heteroatoms. The van der Waals surface area contributed by atoms with Crippen molar-refractivity contribution in [2.24, 2.45) is 0 Å². The average Bonchev–Trinajstić information content (AvgIpc) is 3.36. The molecule has 0 fully saturated rings. The van der Waals surface area contributed by atoms with Crippen molar-refractivity contribution in [3.8, 4) is 11.3 Å². The fraction of sp³-hybridized carbons (Fsp3) is 0.333. The van der Waals surface area contributed by atoms with Crippen molar-refractivity contribution in [1.29, 1.82) is 0 Å². The summed E-state index contributed by atoms with van der Waals surface area (Å²) in [5.41, 5.74) is 6.18. The van der Waals surface area contributed by atoms with Crippen LogP contribution in [0.2, 0.25) is 0 Å². The number of benzene rings is 2. The first-order valence-electron chi connectivity index (χ1n) is 10.5. The number of hydrogen-bond donors (Lipinski definition) is 1. The predicted octanol–water partition coefficient (Wildman–Crippen LogP) is 4.74. The zero-order valence-corrected chi connectivity index (χ0v) is 18.6. The smallest absolute Gasteiger partial charge is 0.251 e. The molecule has 3 aromatic rings. The van der Waals surface area contributed by atoms with E-state index in [-0.39, 0.29) is 5.91 Å². The molecule has 1 aliphatic rings.